The molecule has 140 valence electrons. The van der Waals surface area contributed by atoms with E-state index in [9.17, 15) is 9.59 Å². The van der Waals surface area contributed by atoms with Crippen molar-refractivity contribution in [2.45, 2.75) is 39.4 Å². The number of amides is 2. The summed E-state index contributed by atoms with van der Waals surface area (Å²) in [6.07, 6.45) is 0.873. The maximum absolute atomic E-state index is 12.3. The summed E-state index contributed by atoms with van der Waals surface area (Å²) < 4.78 is 1.57. The van der Waals surface area contributed by atoms with Gasteiger partial charge in [0.2, 0.25) is 5.91 Å². The van der Waals surface area contributed by atoms with E-state index in [1.165, 1.54) is 0 Å². The third-order valence-electron chi connectivity index (χ3n) is 4.38. The van der Waals surface area contributed by atoms with Crippen LogP contribution in [0.2, 0.25) is 0 Å². The second kappa shape index (κ2) is 8.44. The summed E-state index contributed by atoms with van der Waals surface area (Å²) in [5.41, 5.74) is 3.02. The number of benzene rings is 2. The van der Waals surface area contributed by atoms with Crippen LogP contribution in [0.5, 0.6) is 0 Å². The maximum atomic E-state index is 12.3. The van der Waals surface area contributed by atoms with E-state index in [0.717, 1.165) is 23.0 Å². The normalized spacial score (nSPS) is 11.9. The van der Waals surface area contributed by atoms with E-state index in [4.69, 9.17) is 0 Å². The fourth-order valence-electron chi connectivity index (χ4n) is 2.66. The van der Waals surface area contributed by atoms with Crippen molar-refractivity contribution >= 4 is 22.8 Å². The van der Waals surface area contributed by atoms with Crippen LogP contribution in [0.4, 0.5) is 0 Å². The van der Waals surface area contributed by atoms with E-state index in [1.807, 2.05) is 50.2 Å². The number of para-hydroxylation sites is 1. The predicted molar refractivity (Wildman–Crippen MR) is 103 cm³/mol. The Kier molecular flexibility index (Phi) is 5.80. The molecule has 3 aromatic rings. The molecule has 0 fully saturated rings. The van der Waals surface area contributed by atoms with Gasteiger partial charge in [-0.3, -0.25) is 9.59 Å². The van der Waals surface area contributed by atoms with Crippen molar-refractivity contribution in [2.75, 3.05) is 0 Å². The molecule has 0 aliphatic rings. The third-order valence-corrected chi connectivity index (χ3v) is 4.38. The van der Waals surface area contributed by atoms with Gasteiger partial charge in [0.05, 0.1) is 5.52 Å². The molecule has 0 unspecified atom stereocenters. The van der Waals surface area contributed by atoms with Gasteiger partial charge in [0.25, 0.3) is 5.91 Å². The van der Waals surface area contributed by atoms with E-state index >= 15 is 0 Å². The molecule has 0 saturated heterocycles. The van der Waals surface area contributed by atoms with Crippen LogP contribution < -0.4 is 10.6 Å². The van der Waals surface area contributed by atoms with Crippen LogP contribution in [0.1, 0.15) is 36.2 Å². The largest absolute Gasteiger partial charge is 0.350 e. The zero-order valence-electron chi connectivity index (χ0n) is 15.5. The molecule has 1 atom stereocenters. The van der Waals surface area contributed by atoms with Gasteiger partial charge in [0.1, 0.15) is 12.1 Å². The fraction of sp³-hybridized carbons (Fsp3) is 0.300. The Balaban J connectivity index is 1.59. The standard InChI is InChI=1S/C20H23N5O2/c1-3-14(2)22-20(27)16-8-6-7-15(11-16)12-21-19(26)13-25-18-10-5-4-9-17(18)23-24-25/h4-11,14H,3,12-13H2,1-2H3,(H,21,26)(H,22,27)/t14-/m1/s1. The van der Waals surface area contributed by atoms with Gasteiger partial charge in [-0.1, -0.05) is 36.4 Å². The second-order valence-corrected chi connectivity index (χ2v) is 6.50. The van der Waals surface area contributed by atoms with Gasteiger partial charge in [-0.25, -0.2) is 4.68 Å². The van der Waals surface area contributed by atoms with E-state index in [0.29, 0.717) is 12.1 Å². The lowest BCUT2D eigenvalue weighted by Gasteiger charge is -2.12. The Labute approximate surface area is 157 Å². The molecular formula is C20H23N5O2. The molecule has 1 aromatic heterocycles. The molecule has 3 rings (SSSR count). The van der Waals surface area contributed by atoms with Crippen molar-refractivity contribution in [2.24, 2.45) is 0 Å². The van der Waals surface area contributed by atoms with Crippen molar-refractivity contribution in [3.05, 3.63) is 59.7 Å². The summed E-state index contributed by atoms with van der Waals surface area (Å²) in [6.45, 7) is 4.43. The van der Waals surface area contributed by atoms with Gasteiger partial charge in [0, 0.05) is 18.2 Å². The van der Waals surface area contributed by atoms with Crippen molar-refractivity contribution in [3.8, 4) is 0 Å². The molecule has 1 heterocycles. The Morgan fingerprint density at radius 3 is 2.78 bits per heavy atom. The number of aromatic nitrogens is 3. The first-order chi connectivity index (χ1) is 13.1. The first-order valence-electron chi connectivity index (χ1n) is 9.01. The minimum Gasteiger partial charge on any atom is -0.350 e. The molecule has 0 saturated carbocycles. The fourth-order valence-corrected chi connectivity index (χ4v) is 2.66. The average Bonchev–Trinajstić information content (AvgIpc) is 3.09. The minimum atomic E-state index is -0.167. The molecule has 7 nitrogen and oxygen atoms in total. The van der Waals surface area contributed by atoms with Gasteiger partial charge in [0.15, 0.2) is 0 Å². The topological polar surface area (TPSA) is 88.9 Å². The zero-order valence-corrected chi connectivity index (χ0v) is 15.5. The van der Waals surface area contributed by atoms with Gasteiger partial charge in [-0.05, 0) is 43.2 Å². The smallest absolute Gasteiger partial charge is 0.251 e. The third kappa shape index (κ3) is 4.69. The monoisotopic (exact) mass is 365 g/mol. The molecule has 2 amide bonds. The van der Waals surface area contributed by atoms with E-state index in [-0.39, 0.29) is 24.4 Å². The van der Waals surface area contributed by atoms with Crippen LogP contribution >= 0.6 is 0 Å². The van der Waals surface area contributed by atoms with Crippen molar-refractivity contribution < 1.29 is 9.59 Å². The van der Waals surface area contributed by atoms with Crippen LogP contribution in [0.25, 0.3) is 11.0 Å². The Morgan fingerprint density at radius 2 is 1.96 bits per heavy atom. The summed E-state index contributed by atoms with van der Waals surface area (Å²) in [6, 6.07) is 14.9. The quantitative estimate of drug-likeness (QED) is 0.672. The van der Waals surface area contributed by atoms with E-state index in [2.05, 4.69) is 20.9 Å². The zero-order chi connectivity index (χ0) is 19.2. The number of nitrogens with one attached hydrogen (secondary N) is 2. The molecular weight excluding hydrogens is 342 g/mol. The highest BCUT2D eigenvalue weighted by atomic mass is 16.2. The first-order valence-corrected chi connectivity index (χ1v) is 9.01. The molecule has 2 N–H and O–H groups in total. The van der Waals surface area contributed by atoms with Crippen molar-refractivity contribution in [3.63, 3.8) is 0 Å². The number of rotatable bonds is 7. The second-order valence-electron chi connectivity index (χ2n) is 6.50. The summed E-state index contributed by atoms with van der Waals surface area (Å²) >= 11 is 0. The molecule has 0 aliphatic heterocycles. The highest BCUT2D eigenvalue weighted by Gasteiger charge is 2.11. The molecule has 7 heteroatoms. The molecule has 2 aromatic carbocycles. The number of carbonyl (C=O) groups excluding carboxylic acids is 2. The SMILES string of the molecule is CC[C@@H](C)NC(=O)c1cccc(CNC(=O)Cn2nnc3ccccc32)c1. The van der Waals surface area contributed by atoms with Crippen molar-refractivity contribution in [1.29, 1.82) is 0 Å². The Bertz CT molecular complexity index is 950. The number of hydrogen-bond donors (Lipinski definition) is 2. The molecule has 0 aliphatic carbocycles. The molecule has 0 spiro atoms. The lowest BCUT2D eigenvalue weighted by molar-refractivity contribution is -0.121. The van der Waals surface area contributed by atoms with Gasteiger partial charge in [-0.15, -0.1) is 5.10 Å². The number of hydrogen-bond acceptors (Lipinski definition) is 4. The highest BCUT2D eigenvalue weighted by molar-refractivity contribution is 5.94. The van der Waals surface area contributed by atoms with Crippen molar-refractivity contribution in [1.82, 2.24) is 25.6 Å². The van der Waals surface area contributed by atoms with Crippen LogP contribution in [0.3, 0.4) is 0 Å². The van der Waals surface area contributed by atoms with Gasteiger partial charge in [-0.2, -0.15) is 0 Å². The molecule has 0 radical (unpaired) electrons. The highest BCUT2D eigenvalue weighted by Crippen LogP contribution is 2.10. The minimum absolute atomic E-state index is 0.0920. The van der Waals surface area contributed by atoms with Gasteiger partial charge < -0.3 is 10.6 Å². The lowest BCUT2D eigenvalue weighted by atomic mass is 10.1. The van der Waals surface area contributed by atoms with Crippen LogP contribution in [-0.4, -0.2) is 32.9 Å². The summed E-state index contributed by atoms with van der Waals surface area (Å²) in [5.74, 6) is -0.272. The lowest BCUT2D eigenvalue weighted by Crippen LogP contribution is -2.32. The summed E-state index contributed by atoms with van der Waals surface area (Å²) in [7, 11) is 0. The average molecular weight is 365 g/mol. The van der Waals surface area contributed by atoms with Crippen LogP contribution in [-0.2, 0) is 17.9 Å². The van der Waals surface area contributed by atoms with E-state index < -0.39 is 0 Å². The first kappa shape index (κ1) is 18.6. The van der Waals surface area contributed by atoms with Crippen LogP contribution in [0, 0.1) is 0 Å². The molecule has 27 heavy (non-hydrogen) atoms. The summed E-state index contributed by atoms with van der Waals surface area (Å²) in [5, 5.41) is 13.9. The number of fused-ring (bicyclic) bond motifs is 1. The van der Waals surface area contributed by atoms with Gasteiger partial charge >= 0.3 is 0 Å². The number of nitrogens with zero attached hydrogens (tertiary/aromatic N) is 3. The summed E-state index contributed by atoms with van der Waals surface area (Å²) in [4.78, 5) is 24.5. The Hall–Kier alpha value is -3.22. The molecule has 0 bridgehead atoms. The predicted octanol–water partition coefficient (Wildman–Crippen LogP) is 2.28. The number of carbonyl (C=O) groups is 2. The van der Waals surface area contributed by atoms with E-state index in [1.54, 1.807) is 16.8 Å². The maximum Gasteiger partial charge on any atom is 0.251 e. The van der Waals surface area contributed by atoms with Crippen LogP contribution in [0.15, 0.2) is 48.5 Å². The Morgan fingerprint density at radius 1 is 1.15 bits per heavy atom.